The first-order valence-corrected chi connectivity index (χ1v) is 5.53. The maximum absolute atomic E-state index is 5.90. The molecule has 13 heavy (non-hydrogen) atoms. The van der Waals surface area contributed by atoms with Gasteiger partial charge < -0.3 is 5.73 Å². The molecule has 0 aliphatic rings. The first-order chi connectivity index (χ1) is 6.06. The maximum Gasteiger partial charge on any atom is 0.147 e. The van der Waals surface area contributed by atoms with E-state index < -0.39 is 0 Å². The molecule has 0 atom stereocenters. The Balaban J connectivity index is 3.22. The number of aromatic nitrogens is 2. The summed E-state index contributed by atoms with van der Waals surface area (Å²) in [5.41, 5.74) is 5.64. The number of nitrogens with zero attached hydrogens (tertiary/aromatic N) is 2. The molecule has 0 radical (unpaired) electrons. The van der Waals surface area contributed by atoms with Crippen LogP contribution < -0.4 is 5.73 Å². The smallest absolute Gasteiger partial charge is 0.147 e. The fourth-order valence-corrected chi connectivity index (χ4v) is 1.64. The highest BCUT2D eigenvalue weighted by atomic mass is 35.5. The Morgan fingerprint density at radius 1 is 1.38 bits per heavy atom. The van der Waals surface area contributed by atoms with Crippen molar-refractivity contribution in [3.05, 3.63) is 10.8 Å². The predicted molar refractivity (Wildman–Crippen MR) is 57.3 cm³/mol. The molecule has 0 amide bonds. The van der Waals surface area contributed by atoms with E-state index in [0.717, 1.165) is 10.9 Å². The van der Waals surface area contributed by atoms with Crippen LogP contribution in [0.3, 0.4) is 0 Å². The van der Waals surface area contributed by atoms with E-state index in [1.165, 1.54) is 11.8 Å². The fourth-order valence-electron chi connectivity index (χ4n) is 0.854. The molecule has 5 heteroatoms. The standard InChI is InChI=1S/C8H12ClN3S/c1-4(2)7-11-6(10)5(9)8(12-7)13-3/h4H,1-3H3,(H2,10,11,12). The monoisotopic (exact) mass is 217 g/mol. The van der Waals surface area contributed by atoms with Gasteiger partial charge in [0.05, 0.1) is 0 Å². The van der Waals surface area contributed by atoms with Crippen molar-refractivity contribution in [1.29, 1.82) is 0 Å². The number of anilines is 1. The van der Waals surface area contributed by atoms with Gasteiger partial charge >= 0.3 is 0 Å². The summed E-state index contributed by atoms with van der Waals surface area (Å²) in [6.45, 7) is 4.04. The lowest BCUT2D eigenvalue weighted by molar-refractivity contribution is 0.757. The van der Waals surface area contributed by atoms with Crippen molar-refractivity contribution in [1.82, 2.24) is 9.97 Å². The summed E-state index contributed by atoms with van der Waals surface area (Å²) in [7, 11) is 0. The van der Waals surface area contributed by atoms with Crippen LogP contribution in [0.5, 0.6) is 0 Å². The largest absolute Gasteiger partial charge is 0.382 e. The highest BCUT2D eigenvalue weighted by Crippen LogP contribution is 2.28. The zero-order valence-corrected chi connectivity index (χ0v) is 9.41. The van der Waals surface area contributed by atoms with Gasteiger partial charge in [0.1, 0.15) is 21.7 Å². The molecule has 0 aliphatic carbocycles. The molecule has 1 rings (SSSR count). The van der Waals surface area contributed by atoms with Gasteiger partial charge in [0, 0.05) is 5.92 Å². The highest BCUT2D eigenvalue weighted by Gasteiger charge is 2.11. The van der Waals surface area contributed by atoms with E-state index in [9.17, 15) is 0 Å². The number of nitrogens with two attached hydrogens (primary N) is 1. The van der Waals surface area contributed by atoms with Gasteiger partial charge in [-0.2, -0.15) is 0 Å². The van der Waals surface area contributed by atoms with Crippen molar-refractivity contribution in [3.8, 4) is 0 Å². The molecule has 1 aromatic rings. The van der Waals surface area contributed by atoms with Gasteiger partial charge in [-0.25, -0.2) is 9.97 Å². The van der Waals surface area contributed by atoms with Crippen molar-refractivity contribution in [3.63, 3.8) is 0 Å². The second kappa shape index (κ2) is 4.15. The summed E-state index contributed by atoms with van der Waals surface area (Å²) in [4.78, 5) is 8.39. The lowest BCUT2D eigenvalue weighted by atomic mass is 10.2. The zero-order valence-electron chi connectivity index (χ0n) is 7.84. The third-order valence-electron chi connectivity index (χ3n) is 1.57. The Morgan fingerprint density at radius 3 is 2.46 bits per heavy atom. The van der Waals surface area contributed by atoms with E-state index in [1.54, 1.807) is 0 Å². The van der Waals surface area contributed by atoms with Crippen molar-refractivity contribution >= 4 is 29.2 Å². The number of thioether (sulfide) groups is 1. The summed E-state index contributed by atoms with van der Waals surface area (Å²) >= 11 is 7.38. The molecule has 2 N–H and O–H groups in total. The van der Waals surface area contributed by atoms with Crippen LogP contribution in [-0.4, -0.2) is 16.2 Å². The molecule has 72 valence electrons. The summed E-state index contributed by atoms with van der Waals surface area (Å²) in [5.74, 6) is 1.38. The molecule has 0 spiro atoms. The fraction of sp³-hybridized carbons (Fsp3) is 0.500. The molecule has 1 aromatic heterocycles. The number of hydrogen-bond donors (Lipinski definition) is 1. The molecule has 0 fully saturated rings. The van der Waals surface area contributed by atoms with Gasteiger partial charge in [-0.05, 0) is 6.26 Å². The average molecular weight is 218 g/mol. The summed E-state index contributed by atoms with van der Waals surface area (Å²) in [6, 6.07) is 0. The van der Waals surface area contributed by atoms with Crippen LogP contribution in [0.4, 0.5) is 5.82 Å². The normalized spacial score (nSPS) is 10.8. The topological polar surface area (TPSA) is 51.8 Å². The van der Waals surface area contributed by atoms with E-state index >= 15 is 0 Å². The lowest BCUT2D eigenvalue weighted by Gasteiger charge is -2.08. The molecule has 0 saturated carbocycles. The van der Waals surface area contributed by atoms with Crippen molar-refractivity contribution in [2.24, 2.45) is 0 Å². The van der Waals surface area contributed by atoms with E-state index in [0.29, 0.717) is 10.8 Å². The number of hydrogen-bond acceptors (Lipinski definition) is 4. The first kappa shape index (κ1) is 10.6. The zero-order chi connectivity index (χ0) is 10.0. The maximum atomic E-state index is 5.90. The average Bonchev–Trinajstić information content (AvgIpc) is 2.09. The van der Waals surface area contributed by atoms with Crippen molar-refractivity contribution in [2.75, 3.05) is 12.0 Å². The summed E-state index contributed by atoms with van der Waals surface area (Å²) in [6.07, 6.45) is 1.91. The van der Waals surface area contributed by atoms with Crippen LogP contribution in [-0.2, 0) is 0 Å². The lowest BCUT2D eigenvalue weighted by Crippen LogP contribution is -2.03. The van der Waals surface area contributed by atoms with Gasteiger partial charge in [-0.15, -0.1) is 11.8 Å². The molecular weight excluding hydrogens is 206 g/mol. The molecule has 3 nitrogen and oxygen atoms in total. The quantitative estimate of drug-likeness (QED) is 0.611. The van der Waals surface area contributed by atoms with Crippen LogP contribution in [0.1, 0.15) is 25.6 Å². The summed E-state index contributed by atoms with van der Waals surface area (Å²) < 4.78 is 0. The predicted octanol–water partition coefficient (Wildman–Crippen LogP) is 2.56. The number of nitrogen functional groups attached to an aromatic ring is 1. The highest BCUT2D eigenvalue weighted by molar-refractivity contribution is 7.98. The van der Waals surface area contributed by atoms with Gasteiger partial charge in [0.25, 0.3) is 0 Å². The Hall–Kier alpha value is -0.480. The molecule has 1 heterocycles. The van der Waals surface area contributed by atoms with E-state index in [4.69, 9.17) is 17.3 Å². The van der Waals surface area contributed by atoms with Gasteiger partial charge in [-0.1, -0.05) is 25.4 Å². The van der Waals surface area contributed by atoms with Gasteiger partial charge in [0.15, 0.2) is 0 Å². The minimum atomic E-state index is 0.269. The molecule has 0 bridgehead atoms. The third kappa shape index (κ3) is 2.25. The van der Waals surface area contributed by atoms with Gasteiger partial charge in [0.2, 0.25) is 0 Å². The summed E-state index contributed by atoms with van der Waals surface area (Å²) in [5, 5.41) is 1.20. The Labute approximate surface area is 87.1 Å². The van der Waals surface area contributed by atoms with Gasteiger partial charge in [-0.3, -0.25) is 0 Å². The van der Waals surface area contributed by atoms with Crippen molar-refractivity contribution < 1.29 is 0 Å². The minimum Gasteiger partial charge on any atom is -0.382 e. The van der Waals surface area contributed by atoms with E-state index in [1.807, 2.05) is 20.1 Å². The Morgan fingerprint density at radius 2 is 2.00 bits per heavy atom. The molecule has 0 saturated heterocycles. The second-order valence-corrected chi connectivity index (χ2v) is 4.12. The van der Waals surface area contributed by atoms with Crippen LogP contribution in [0.15, 0.2) is 5.03 Å². The van der Waals surface area contributed by atoms with Crippen LogP contribution >= 0.6 is 23.4 Å². The van der Waals surface area contributed by atoms with Crippen LogP contribution in [0.25, 0.3) is 0 Å². The second-order valence-electron chi connectivity index (χ2n) is 2.95. The van der Waals surface area contributed by atoms with Crippen LogP contribution in [0.2, 0.25) is 5.02 Å². The molecule has 0 aliphatic heterocycles. The minimum absolute atomic E-state index is 0.269. The Bertz CT molecular complexity index is 315. The van der Waals surface area contributed by atoms with E-state index in [2.05, 4.69) is 9.97 Å². The third-order valence-corrected chi connectivity index (χ3v) is 2.74. The van der Waals surface area contributed by atoms with Crippen molar-refractivity contribution in [2.45, 2.75) is 24.8 Å². The van der Waals surface area contributed by atoms with Crippen LogP contribution in [0, 0.1) is 0 Å². The molecule has 0 unspecified atom stereocenters. The molecular formula is C8H12ClN3S. The number of halogens is 1. The number of rotatable bonds is 2. The molecule has 0 aromatic carbocycles. The first-order valence-electron chi connectivity index (χ1n) is 3.93. The van der Waals surface area contributed by atoms with E-state index in [-0.39, 0.29) is 5.92 Å². The SMILES string of the molecule is CSc1nc(C(C)C)nc(N)c1Cl. The Kier molecular flexibility index (Phi) is 3.39.